The van der Waals surface area contributed by atoms with E-state index in [4.69, 9.17) is 34.2 Å². The van der Waals surface area contributed by atoms with Gasteiger partial charge >= 0.3 is 5.97 Å². The van der Waals surface area contributed by atoms with Crippen LogP contribution in [0.15, 0.2) is 91.0 Å². The molecule has 0 aliphatic carbocycles. The Morgan fingerprint density at radius 3 is 1.78 bits per heavy atom. The lowest BCUT2D eigenvalue weighted by Crippen LogP contribution is -2.68. The summed E-state index contributed by atoms with van der Waals surface area (Å²) >= 11 is 0. The molecule has 5 rings (SSSR count). The molecule has 7 N–H and O–H groups in total. The predicted molar refractivity (Wildman–Crippen MR) is 314 cm³/mol. The van der Waals surface area contributed by atoms with Crippen molar-refractivity contribution in [1.29, 1.82) is 0 Å². The van der Waals surface area contributed by atoms with Gasteiger partial charge in [-0.3, -0.25) is 28.8 Å². The van der Waals surface area contributed by atoms with Crippen LogP contribution in [0.4, 0.5) is 0 Å². The van der Waals surface area contributed by atoms with Crippen LogP contribution in [0.2, 0.25) is 0 Å². The first-order valence-corrected chi connectivity index (χ1v) is 30.4. The zero-order chi connectivity index (χ0) is 59.6. The fraction of sp³-hybridized carbons (Fsp3) is 0.609. The fourth-order valence-electron chi connectivity index (χ4n) is 10.1. The minimum Gasteiger partial charge on any atom is -0.459 e. The van der Waals surface area contributed by atoms with Crippen LogP contribution in [-0.4, -0.2) is 109 Å². The molecule has 458 valence electrons. The highest BCUT2D eigenvalue weighted by Crippen LogP contribution is 2.36. The Kier molecular flexibility index (Phi) is 31.4. The van der Waals surface area contributed by atoms with Gasteiger partial charge in [0.05, 0.1) is 13.2 Å². The summed E-state index contributed by atoms with van der Waals surface area (Å²) in [7, 11) is 0. The van der Waals surface area contributed by atoms with Crippen LogP contribution in [0.1, 0.15) is 186 Å². The number of primary amides is 1. The van der Waals surface area contributed by atoms with E-state index in [0.29, 0.717) is 25.8 Å². The van der Waals surface area contributed by atoms with Crippen molar-refractivity contribution in [3.05, 3.63) is 108 Å². The van der Waals surface area contributed by atoms with Gasteiger partial charge in [0.1, 0.15) is 55.2 Å². The number of unbranched alkanes of at least 4 members (excludes halogenated alkanes) is 15. The lowest BCUT2D eigenvalue weighted by Gasteiger charge is -2.49. The molecule has 0 saturated carbocycles. The molecule has 2 aliphatic rings. The Hall–Kier alpha value is -6.25. The predicted octanol–water partition coefficient (Wildman–Crippen LogP) is 8.35. The molecule has 2 saturated heterocycles. The highest BCUT2D eigenvalue weighted by molar-refractivity contribution is 5.92. The van der Waals surface area contributed by atoms with Gasteiger partial charge in [0.25, 0.3) is 0 Å². The monoisotopic (exact) mass is 1150 g/mol. The summed E-state index contributed by atoms with van der Waals surface area (Å²) in [6.45, 7) is 7.11. The molecule has 2 aliphatic heterocycles. The number of nitrogens with two attached hydrogens (primary N) is 1. The van der Waals surface area contributed by atoms with E-state index in [1.54, 1.807) is 0 Å². The number of hydrogen-bond acceptors (Lipinski definition) is 13. The fourth-order valence-corrected chi connectivity index (χ4v) is 10.1. The smallest absolute Gasteiger partial charge is 0.328 e. The van der Waals surface area contributed by atoms with Crippen molar-refractivity contribution in [3.63, 3.8) is 0 Å². The number of carbonyl (C=O) groups excluding carboxylic acids is 7. The zero-order valence-corrected chi connectivity index (χ0v) is 49.5. The average molecular weight is 1160 g/mol. The molecule has 2 heterocycles. The van der Waals surface area contributed by atoms with Crippen LogP contribution in [0, 0.1) is 0 Å². The summed E-state index contributed by atoms with van der Waals surface area (Å²) in [5.74, 6) is -4.04. The number of hydrogen-bond donors (Lipinski definition) is 6. The van der Waals surface area contributed by atoms with Gasteiger partial charge in [-0.1, -0.05) is 188 Å². The molecule has 83 heavy (non-hydrogen) atoms. The molecule has 3 aromatic carbocycles. The maximum atomic E-state index is 13.9. The third-order valence-electron chi connectivity index (χ3n) is 14.9. The van der Waals surface area contributed by atoms with Crippen LogP contribution >= 0.6 is 0 Å². The number of ether oxygens (including phenoxy) is 6. The Morgan fingerprint density at radius 2 is 1.19 bits per heavy atom. The number of nitrogens with one attached hydrogen (secondary N) is 5. The quantitative estimate of drug-likeness (QED) is 0.0231. The van der Waals surface area contributed by atoms with Crippen LogP contribution in [0.5, 0.6) is 0 Å². The second kappa shape index (κ2) is 38.6. The molecule has 0 bridgehead atoms. The van der Waals surface area contributed by atoms with Crippen LogP contribution in [-0.2, 0) is 75.2 Å². The van der Waals surface area contributed by atoms with Gasteiger partial charge in [0, 0.05) is 31.9 Å². The first-order valence-electron chi connectivity index (χ1n) is 30.4. The minimum atomic E-state index is -1.32. The summed E-state index contributed by atoms with van der Waals surface area (Å²) in [4.78, 5) is 92.3. The number of esters is 1. The van der Waals surface area contributed by atoms with Gasteiger partial charge in [-0.2, -0.15) is 0 Å². The van der Waals surface area contributed by atoms with E-state index in [0.717, 1.165) is 36.0 Å². The molecular formula is C64H94N6O13. The lowest BCUT2D eigenvalue weighted by molar-refractivity contribution is -0.351. The molecule has 10 atom stereocenters. The molecule has 0 aromatic heterocycles. The Morgan fingerprint density at radius 1 is 0.614 bits per heavy atom. The molecule has 3 aromatic rings. The van der Waals surface area contributed by atoms with Crippen LogP contribution < -0.4 is 32.3 Å². The van der Waals surface area contributed by atoms with E-state index in [1.165, 1.54) is 97.8 Å². The molecule has 2 fully saturated rings. The minimum absolute atomic E-state index is 0.00539. The van der Waals surface area contributed by atoms with E-state index in [-0.39, 0.29) is 45.0 Å². The molecule has 0 spiro atoms. The number of benzene rings is 3. The van der Waals surface area contributed by atoms with Crippen molar-refractivity contribution in [2.45, 2.75) is 237 Å². The van der Waals surface area contributed by atoms with Crippen LogP contribution in [0.25, 0.3) is 0 Å². The molecule has 7 unspecified atom stereocenters. The highest BCUT2D eigenvalue weighted by atomic mass is 16.8. The molecule has 19 nitrogen and oxygen atoms in total. The summed E-state index contributed by atoms with van der Waals surface area (Å²) in [5.41, 5.74) is 8.07. The van der Waals surface area contributed by atoms with Crippen LogP contribution in [0.3, 0.4) is 0 Å². The molecule has 0 radical (unpaired) electrons. The van der Waals surface area contributed by atoms with Crippen molar-refractivity contribution in [2.24, 2.45) is 5.73 Å². The molecule has 6 amide bonds. The standard InChI is InChI=1S/C64H94N6O13/c1-5-6-7-8-9-10-11-12-13-14-15-16-17-18-28-38-54(72)66-41-30-29-37-52(62(77)78-42-48-31-22-19-23-32-48)69-55(73)40-39-51(59(65)74)70-60(75)45(2)67-61(76)46(3)81-58-56(68-47(4)71)64(79-43-49-33-24-20-25-34-49)82-53-44-80-63(83-57(53)58)50-35-26-21-27-36-50/h19-27,31-36,45-46,51-53,56-58,63-64H,5-18,28-30,37-44H2,1-4H3,(H2,65,74)(H,66,72)(H,67,76)(H,68,71)(H,69,73)(H,70,75)/t45-,46?,51+,52-,53?,56?,57?,58?,63?,64?/m0/s1. The Balaban J connectivity index is 1.07. The van der Waals surface area contributed by atoms with Crippen molar-refractivity contribution in [1.82, 2.24) is 26.6 Å². The second-order valence-electron chi connectivity index (χ2n) is 22.0. The lowest BCUT2D eigenvalue weighted by atomic mass is 9.95. The maximum absolute atomic E-state index is 13.9. The van der Waals surface area contributed by atoms with E-state index >= 15 is 0 Å². The molecule has 19 heteroatoms. The number of carbonyl (C=O) groups is 7. The largest absolute Gasteiger partial charge is 0.459 e. The SMILES string of the molecule is CCCCCCCCCCCCCCCCCC(=O)NCCCC[C@H](NC(=O)CC[C@@H](NC(=O)[C@H](C)NC(=O)C(C)OC1C(NC(C)=O)C(OCc2ccccc2)OC2COC(c3ccccc3)OC21)C(N)=O)C(=O)OCc1ccccc1. The maximum Gasteiger partial charge on any atom is 0.328 e. The number of rotatable bonds is 40. The number of fused-ring (bicyclic) bond motifs is 1. The Bertz CT molecular complexity index is 2390. The second-order valence-corrected chi connectivity index (χ2v) is 22.0. The van der Waals surface area contributed by atoms with Crippen molar-refractivity contribution in [3.8, 4) is 0 Å². The third kappa shape index (κ3) is 25.6. The summed E-state index contributed by atoms with van der Waals surface area (Å²) in [5, 5.41) is 13.8. The average Bonchev–Trinajstić information content (AvgIpc) is 3.67. The zero-order valence-electron chi connectivity index (χ0n) is 49.5. The first-order chi connectivity index (χ1) is 40.2. The third-order valence-corrected chi connectivity index (χ3v) is 14.9. The van der Waals surface area contributed by atoms with E-state index in [1.807, 2.05) is 91.0 Å². The van der Waals surface area contributed by atoms with Gasteiger partial charge in [-0.15, -0.1) is 0 Å². The van der Waals surface area contributed by atoms with Crippen molar-refractivity contribution in [2.75, 3.05) is 13.2 Å². The van der Waals surface area contributed by atoms with Gasteiger partial charge in [0.2, 0.25) is 35.4 Å². The van der Waals surface area contributed by atoms with Gasteiger partial charge in [-0.25, -0.2) is 4.79 Å². The van der Waals surface area contributed by atoms with Crippen molar-refractivity contribution < 1.29 is 62.0 Å². The summed E-state index contributed by atoms with van der Waals surface area (Å²) < 4.78 is 37.2. The first kappa shape index (κ1) is 67.5. The molecular weight excluding hydrogens is 1060 g/mol. The van der Waals surface area contributed by atoms with E-state index in [9.17, 15) is 33.6 Å². The topological polar surface area (TPSA) is 261 Å². The van der Waals surface area contributed by atoms with E-state index in [2.05, 4.69) is 33.5 Å². The van der Waals surface area contributed by atoms with Gasteiger partial charge in [-0.05, 0) is 57.1 Å². The summed E-state index contributed by atoms with van der Waals surface area (Å²) in [6, 6.07) is 23.2. The van der Waals surface area contributed by atoms with Gasteiger partial charge in [0.15, 0.2) is 12.6 Å². The van der Waals surface area contributed by atoms with Gasteiger partial charge < -0.3 is 60.7 Å². The number of amides is 6. The summed E-state index contributed by atoms with van der Waals surface area (Å²) in [6.07, 6.45) is 14.4. The Labute approximate surface area is 491 Å². The van der Waals surface area contributed by atoms with E-state index < -0.39 is 96.7 Å². The highest BCUT2D eigenvalue weighted by Gasteiger charge is 2.52. The van der Waals surface area contributed by atoms with Crippen molar-refractivity contribution >= 4 is 41.4 Å². The normalized spacial score (nSPS) is 19.9.